The van der Waals surface area contributed by atoms with Gasteiger partial charge in [-0.1, -0.05) is 69.4 Å². The minimum absolute atomic E-state index is 0.204. The molecule has 0 aromatic heterocycles. The summed E-state index contributed by atoms with van der Waals surface area (Å²) in [7, 11) is -0.204. The van der Waals surface area contributed by atoms with Crippen LogP contribution >= 0.6 is 0 Å². The molecule has 1 aromatic carbocycles. The average molecular weight is 276 g/mol. The number of unbranched alkanes of at least 4 members (excludes halogenated alkanes) is 4. The molecule has 0 heterocycles. The summed E-state index contributed by atoms with van der Waals surface area (Å²) in [6.45, 7) is 8.07. The van der Waals surface area contributed by atoms with Crippen LogP contribution in [0.4, 0.5) is 0 Å². The van der Waals surface area contributed by atoms with E-state index in [4.69, 9.17) is 9.31 Å². The molecule has 20 heavy (non-hydrogen) atoms. The van der Waals surface area contributed by atoms with Crippen molar-refractivity contribution in [2.24, 2.45) is 0 Å². The van der Waals surface area contributed by atoms with E-state index in [2.05, 4.69) is 45.0 Å². The van der Waals surface area contributed by atoms with Gasteiger partial charge in [-0.05, 0) is 25.2 Å². The van der Waals surface area contributed by atoms with Gasteiger partial charge in [0.25, 0.3) is 0 Å². The quantitative estimate of drug-likeness (QED) is 0.447. The maximum absolute atomic E-state index is 5.93. The first-order chi connectivity index (χ1) is 9.77. The Morgan fingerprint density at radius 1 is 0.800 bits per heavy atom. The topological polar surface area (TPSA) is 18.5 Å². The zero-order chi connectivity index (χ0) is 14.6. The molecule has 1 rings (SSSR count). The van der Waals surface area contributed by atoms with Crippen molar-refractivity contribution in [1.82, 2.24) is 0 Å². The summed E-state index contributed by atoms with van der Waals surface area (Å²) in [5, 5.41) is 0. The smallest absolute Gasteiger partial charge is 0.407 e. The molecule has 0 fully saturated rings. The predicted molar refractivity (Wildman–Crippen MR) is 87.5 cm³/mol. The van der Waals surface area contributed by atoms with Crippen molar-refractivity contribution in [3.05, 3.63) is 29.8 Å². The highest BCUT2D eigenvalue weighted by molar-refractivity contribution is 6.61. The van der Waals surface area contributed by atoms with Crippen molar-refractivity contribution in [3.8, 4) is 0 Å². The van der Waals surface area contributed by atoms with Gasteiger partial charge >= 0.3 is 7.12 Å². The van der Waals surface area contributed by atoms with Gasteiger partial charge in [0.2, 0.25) is 0 Å². The number of benzene rings is 1. The van der Waals surface area contributed by atoms with E-state index < -0.39 is 0 Å². The molecule has 3 heteroatoms. The number of aryl methyl sites for hydroxylation is 1. The normalized spacial score (nSPS) is 10.8. The van der Waals surface area contributed by atoms with E-state index in [9.17, 15) is 0 Å². The number of hydrogen-bond donors (Lipinski definition) is 0. The minimum atomic E-state index is -0.204. The van der Waals surface area contributed by atoms with Crippen LogP contribution in [-0.2, 0) is 9.31 Å². The first-order valence-corrected chi connectivity index (χ1v) is 8.07. The molecule has 1 aromatic rings. The zero-order valence-electron chi connectivity index (χ0n) is 13.4. The van der Waals surface area contributed by atoms with E-state index in [1.165, 1.54) is 31.2 Å². The number of hydrogen-bond acceptors (Lipinski definition) is 2. The first-order valence-electron chi connectivity index (χ1n) is 8.07. The van der Waals surface area contributed by atoms with Gasteiger partial charge in [-0.2, -0.15) is 0 Å². The Balaban J connectivity index is 2.47. The summed E-state index contributed by atoms with van der Waals surface area (Å²) >= 11 is 0. The Bertz CT molecular complexity index is 325. The SMILES string of the molecule is CCCCCOB(OCCCCC)c1ccc(C)cc1. The van der Waals surface area contributed by atoms with Gasteiger partial charge in [-0.25, -0.2) is 0 Å². The van der Waals surface area contributed by atoms with Crippen molar-refractivity contribution >= 4 is 12.6 Å². The van der Waals surface area contributed by atoms with Gasteiger partial charge in [0, 0.05) is 13.2 Å². The van der Waals surface area contributed by atoms with Crippen LogP contribution in [0, 0.1) is 6.92 Å². The largest absolute Gasteiger partial charge is 0.493 e. The van der Waals surface area contributed by atoms with Crippen LogP contribution < -0.4 is 5.46 Å². The van der Waals surface area contributed by atoms with Crippen LogP contribution in [0.2, 0.25) is 0 Å². The molecule has 0 N–H and O–H groups in total. The highest BCUT2D eigenvalue weighted by atomic mass is 16.6. The lowest BCUT2D eigenvalue weighted by Gasteiger charge is -2.15. The first kappa shape index (κ1) is 17.3. The number of rotatable bonds is 11. The van der Waals surface area contributed by atoms with Crippen LogP contribution in [0.1, 0.15) is 57.9 Å². The van der Waals surface area contributed by atoms with Gasteiger partial charge in [-0.3, -0.25) is 0 Å². The third kappa shape index (κ3) is 7.11. The summed E-state index contributed by atoms with van der Waals surface area (Å²) < 4.78 is 11.9. The Morgan fingerprint density at radius 2 is 1.30 bits per heavy atom. The Labute approximate surface area is 125 Å². The summed E-state index contributed by atoms with van der Waals surface area (Å²) in [6, 6.07) is 8.46. The van der Waals surface area contributed by atoms with Crippen LogP contribution in [0.15, 0.2) is 24.3 Å². The summed E-state index contributed by atoms with van der Waals surface area (Å²) in [6.07, 6.45) is 7.09. The van der Waals surface area contributed by atoms with Gasteiger partial charge < -0.3 is 9.31 Å². The molecule has 0 saturated carbocycles. The molecule has 0 aliphatic rings. The molecule has 0 radical (unpaired) electrons. The molecule has 0 spiro atoms. The van der Waals surface area contributed by atoms with Gasteiger partial charge in [0.15, 0.2) is 0 Å². The van der Waals surface area contributed by atoms with Crippen molar-refractivity contribution in [1.29, 1.82) is 0 Å². The second kappa shape index (κ2) is 10.9. The Morgan fingerprint density at radius 3 is 1.75 bits per heavy atom. The molecular formula is C17H29BO2. The van der Waals surface area contributed by atoms with Crippen molar-refractivity contribution in [2.75, 3.05) is 13.2 Å². The van der Waals surface area contributed by atoms with Gasteiger partial charge in [0.1, 0.15) is 0 Å². The molecule has 0 amide bonds. The van der Waals surface area contributed by atoms with Crippen LogP contribution in [0.3, 0.4) is 0 Å². The van der Waals surface area contributed by atoms with E-state index >= 15 is 0 Å². The van der Waals surface area contributed by atoms with Crippen LogP contribution in [0.25, 0.3) is 0 Å². The Hall–Kier alpha value is -0.795. The van der Waals surface area contributed by atoms with E-state index in [1.54, 1.807) is 0 Å². The molecule has 0 aliphatic carbocycles. The van der Waals surface area contributed by atoms with Crippen molar-refractivity contribution < 1.29 is 9.31 Å². The van der Waals surface area contributed by atoms with Gasteiger partial charge in [-0.15, -0.1) is 0 Å². The maximum atomic E-state index is 5.93. The standard InChI is InChI=1S/C17H29BO2/c1-4-6-8-14-19-18(20-15-9-7-5-2)17-12-10-16(3)11-13-17/h10-13H,4-9,14-15H2,1-3H3. The van der Waals surface area contributed by atoms with Crippen LogP contribution in [-0.4, -0.2) is 20.3 Å². The van der Waals surface area contributed by atoms with Crippen molar-refractivity contribution in [3.63, 3.8) is 0 Å². The molecule has 0 aliphatic heterocycles. The lowest BCUT2D eigenvalue weighted by Crippen LogP contribution is -2.37. The fraction of sp³-hybridized carbons (Fsp3) is 0.647. The summed E-state index contributed by atoms with van der Waals surface area (Å²) in [5.41, 5.74) is 2.40. The second-order valence-corrected chi connectivity index (χ2v) is 5.40. The molecule has 0 atom stereocenters. The van der Waals surface area contributed by atoms with Crippen LogP contribution in [0.5, 0.6) is 0 Å². The lowest BCUT2D eigenvalue weighted by molar-refractivity contribution is 0.200. The lowest BCUT2D eigenvalue weighted by atomic mass is 9.78. The molecule has 2 nitrogen and oxygen atoms in total. The average Bonchev–Trinajstić information content (AvgIpc) is 2.47. The van der Waals surface area contributed by atoms with Gasteiger partial charge in [0.05, 0.1) is 0 Å². The summed E-state index contributed by atoms with van der Waals surface area (Å²) in [4.78, 5) is 0. The highest BCUT2D eigenvalue weighted by Crippen LogP contribution is 2.02. The minimum Gasteiger partial charge on any atom is -0.407 e. The highest BCUT2D eigenvalue weighted by Gasteiger charge is 2.20. The fourth-order valence-electron chi connectivity index (χ4n) is 2.05. The van der Waals surface area contributed by atoms with E-state index in [0.717, 1.165) is 31.5 Å². The molecule has 0 bridgehead atoms. The maximum Gasteiger partial charge on any atom is 0.493 e. The third-order valence-electron chi connectivity index (χ3n) is 3.38. The van der Waals surface area contributed by atoms with E-state index in [0.29, 0.717) is 0 Å². The van der Waals surface area contributed by atoms with Crippen molar-refractivity contribution in [2.45, 2.75) is 59.3 Å². The predicted octanol–water partition coefficient (Wildman–Crippen LogP) is 4.10. The summed E-state index contributed by atoms with van der Waals surface area (Å²) in [5.74, 6) is 0. The second-order valence-electron chi connectivity index (χ2n) is 5.40. The van der Waals surface area contributed by atoms with E-state index in [-0.39, 0.29) is 7.12 Å². The monoisotopic (exact) mass is 276 g/mol. The molecular weight excluding hydrogens is 247 g/mol. The zero-order valence-corrected chi connectivity index (χ0v) is 13.4. The molecule has 0 saturated heterocycles. The molecule has 112 valence electrons. The fourth-order valence-corrected chi connectivity index (χ4v) is 2.05. The van der Waals surface area contributed by atoms with E-state index in [1.807, 2.05) is 0 Å². The third-order valence-corrected chi connectivity index (χ3v) is 3.38. The Kier molecular flexibility index (Phi) is 9.43. The molecule has 0 unspecified atom stereocenters.